The minimum absolute atomic E-state index is 0.411. The number of piperidine rings is 1. The van der Waals surface area contributed by atoms with Crippen LogP contribution in [-0.2, 0) is 9.59 Å². The van der Waals surface area contributed by atoms with Crippen LogP contribution in [0.25, 0.3) is 0 Å². The van der Waals surface area contributed by atoms with Crippen molar-refractivity contribution in [1.82, 2.24) is 4.90 Å². The van der Waals surface area contributed by atoms with E-state index < -0.39 is 11.9 Å². The molecular formula is C16H21NO5. The predicted octanol–water partition coefficient (Wildman–Crippen LogP) is 1.87. The molecule has 1 aliphatic heterocycles. The van der Waals surface area contributed by atoms with E-state index in [1.807, 2.05) is 30.3 Å². The highest BCUT2D eigenvalue weighted by molar-refractivity contribution is 5.89. The summed E-state index contributed by atoms with van der Waals surface area (Å²) < 4.78 is 5.88. The number of benzene rings is 1. The molecule has 2 rings (SSSR count). The normalized spacial score (nSPS) is 15.9. The third-order valence-corrected chi connectivity index (χ3v) is 3.08. The molecule has 0 aliphatic carbocycles. The molecule has 1 aromatic carbocycles. The maximum Gasteiger partial charge on any atom is 0.328 e. The van der Waals surface area contributed by atoms with Gasteiger partial charge in [0.2, 0.25) is 0 Å². The van der Waals surface area contributed by atoms with Crippen molar-refractivity contribution in [3.05, 3.63) is 42.5 Å². The largest absolute Gasteiger partial charge is 0.490 e. The van der Waals surface area contributed by atoms with Gasteiger partial charge in [-0.05, 0) is 32.0 Å². The first-order chi connectivity index (χ1) is 10.5. The van der Waals surface area contributed by atoms with Crippen molar-refractivity contribution in [2.75, 3.05) is 20.1 Å². The van der Waals surface area contributed by atoms with E-state index in [4.69, 9.17) is 14.9 Å². The van der Waals surface area contributed by atoms with Crippen LogP contribution in [-0.4, -0.2) is 53.3 Å². The molecule has 0 bridgehead atoms. The van der Waals surface area contributed by atoms with Gasteiger partial charge in [-0.15, -0.1) is 0 Å². The van der Waals surface area contributed by atoms with Crippen LogP contribution >= 0.6 is 0 Å². The second-order valence-corrected chi connectivity index (χ2v) is 4.94. The summed E-state index contributed by atoms with van der Waals surface area (Å²) in [5.41, 5.74) is 0. The maximum absolute atomic E-state index is 9.55. The van der Waals surface area contributed by atoms with Gasteiger partial charge in [0.25, 0.3) is 0 Å². The van der Waals surface area contributed by atoms with Crippen LogP contribution in [0.4, 0.5) is 0 Å². The molecule has 6 nitrogen and oxygen atoms in total. The molecular weight excluding hydrogens is 286 g/mol. The number of hydrogen-bond acceptors (Lipinski definition) is 4. The predicted molar refractivity (Wildman–Crippen MR) is 82.0 cm³/mol. The highest BCUT2D eigenvalue weighted by Crippen LogP contribution is 2.17. The number of carboxylic acid groups (broad SMARTS) is 2. The number of aliphatic carboxylic acids is 2. The average Bonchev–Trinajstić information content (AvgIpc) is 2.49. The van der Waals surface area contributed by atoms with Gasteiger partial charge < -0.3 is 19.8 Å². The Morgan fingerprint density at radius 2 is 1.59 bits per heavy atom. The van der Waals surface area contributed by atoms with Gasteiger partial charge in [0.05, 0.1) is 0 Å². The summed E-state index contributed by atoms with van der Waals surface area (Å²) in [5.74, 6) is -1.51. The van der Waals surface area contributed by atoms with Crippen molar-refractivity contribution in [1.29, 1.82) is 0 Å². The van der Waals surface area contributed by atoms with Crippen LogP contribution in [0.5, 0.6) is 5.75 Å². The number of hydrogen-bond donors (Lipinski definition) is 2. The summed E-state index contributed by atoms with van der Waals surface area (Å²) in [6.07, 6.45) is 3.81. The molecule has 120 valence electrons. The van der Waals surface area contributed by atoms with E-state index in [-0.39, 0.29) is 0 Å². The molecule has 1 fully saturated rings. The van der Waals surface area contributed by atoms with Crippen molar-refractivity contribution in [3.63, 3.8) is 0 Å². The number of carboxylic acids is 2. The highest BCUT2D eigenvalue weighted by atomic mass is 16.5. The quantitative estimate of drug-likeness (QED) is 0.826. The van der Waals surface area contributed by atoms with E-state index in [1.54, 1.807) is 0 Å². The molecule has 2 N–H and O–H groups in total. The topological polar surface area (TPSA) is 87.1 Å². The van der Waals surface area contributed by atoms with Crippen LogP contribution in [0, 0.1) is 0 Å². The van der Waals surface area contributed by atoms with Crippen LogP contribution in [0.3, 0.4) is 0 Å². The summed E-state index contributed by atoms with van der Waals surface area (Å²) >= 11 is 0. The molecule has 1 heterocycles. The van der Waals surface area contributed by atoms with Gasteiger partial charge in [-0.3, -0.25) is 0 Å². The Labute approximate surface area is 129 Å². The minimum atomic E-state index is -1.26. The lowest BCUT2D eigenvalue weighted by molar-refractivity contribution is -0.134. The molecule has 0 unspecified atom stereocenters. The summed E-state index contributed by atoms with van der Waals surface area (Å²) in [4.78, 5) is 21.5. The zero-order chi connectivity index (χ0) is 16.4. The second kappa shape index (κ2) is 9.57. The van der Waals surface area contributed by atoms with Crippen molar-refractivity contribution >= 4 is 11.9 Å². The number of ether oxygens (including phenoxy) is 1. The smallest absolute Gasteiger partial charge is 0.328 e. The summed E-state index contributed by atoms with van der Waals surface area (Å²) in [6.45, 7) is 2.30. The van der Waals surface area contributed by atoms with Crippen molar-refractivity contribution in [2.24, 2.45) is 0 Å². The number of rotatable bonds is 4. The van der Waals surface area contributed by atoms with Gasteiger partial charge in [-0.2, -0.15) is 0 Å². The first kappa shape index (κ1) is 17.7. The Bertz CT molecular complexity index is 477. The van der Waals surface area contributed by atoms with Gasteiger partial charge in [0.15, 0.2) is 0 Å². The van der Waals surface area contributed by atoms with Gasteiger partial charge in [-0.1, -0.05) is 18.2 Å². The van der Waals surface area contributed by atoms with E-state index >= 15 is 0 Å². The van der Waals surface area contributed by atoms with Crippen LogP contribution in [0.1, 0.15) is 12.8 Å². The SMILES string of the molecule is CN1CCC(Oc2ccccc2)CC1.O=C(O)/C=C/C(=O)O. The molecule has 6 heteroatoms. The lowest BCUT2D eigenvalue weighted by atomic mass is 10.1. The van der Waals surface area contributed by atoms with Crippen molar-refractivity contribution in [2.45, 2.75) is 18.9 Å². The number of para-hydroxylation sites is 1. The van der Waals surface area contributed by atoms with Crippen LogP contribution < -0.4 is 4.74 Å². The van der Waals surface area contributed by atoms with Gasteiger partial charge in [0, 0.05) is 25.2 Å². The fourth-order valence-electron chi connectivity index (χ4n) is 1.94. The molecule has 0 spiro atoms. The zero-order valence-electron chi connectivity index (χ0n) is 12.5. The maximum atomic E-state index is 9.55. The summed E-state index contributed by atoms with van der Waals surface area (Å²) in [5, 5.41) is 15.6. The number of carbonyl (C=O) groups is 2. The summed E-state index contributed by atoms with van der Waals surface area (Å²) in [7, 11) is 2.17. The van der Waals surface area contributed by atoms with E-state index in [1.165, 1.54) is 0 Å². The van der Waals surface area contributed by atoms with Gasteiger partial charge in [0.1, 0.15) is 11.9 Å². The Morgan fingerprint density at radius 3 is 2.05 bits per heavy atom. The molecule has 0 amide bonds. The second-order valence-electron chi connectivity index (χ2n) is 4.94. The van der Waals surface area contributed by atoms with Crippen molar-refractivity contribution in [3.8, 4) is 5.75 Å². The Balaban J connectivity index is 0.000000261. The molecule has 1 saturated heterocycles. The molecule has 1 aromatic rings. The third-order valence-electron chi connectivity index (χ3n) is 3.08. The standard InChI is InChI=1S/C12H17NO.C4H4O4/c1-13-9-7-12(8-10-13)14-11-5-3-2-4-6-11;5-3(6)1-2-4(7)8/h2-6,12H,7-10H2,1H3;1-2H,(H,5,6)(H,7,8)/b;2-1+. The average molecular weight is 307 g/mol. The Kier molecular flexibility index (Phi) is 7.70. The van der Waals surface area contributed by atoms with Crippen molar-refractivity contribution < 1.29 is 24.5 Å². The number of nitrogens with zero attached hydrogens (tertiary/aromatic N) is 1. The van der Waals surface area contributed by atoms with Crippen LogP contribution in [0.2, 0.25) is 0 Å². The Morgan fingerprint density at radius 1 is 1.09 bits per heavy atom. The molecule has 0 saturated carbocycles. The molecule has 0 atom stereocenters. The van der Waals surface area contributed by atoms with E-state index in [0.717, 1.165) is 31.7 Å². The summed E-state index contributed by atoms with van der Waals surface area (Å²) in [6, 6.07) is 10.1. The van der Waals surface area contributed by atoms with E-state index in [2.05, 4.69) is 11.9 Å². The molecule has 0 radical (unpaired) electrons. The zero-order valence-corrected chi connectivity index (χ0v) is 12.5. The van der Waals surface area contributed by atoms with Gasteiger partial charge in [-0.25, -0.2) is 9.59 Å². The third kappa shape index (κ3) is 8.06. The first-order valence-electron chi connectivity index (χ1n) is 7.01. The highest BCUT2D eigenvalue weighted by Gasteiger charge is 2.17. The molecule has 0 aromatic heterocycles. The first-order valence-corrected chi connectivity index (χ1v) is 7.01. The number of likely N-dealkylation sites (tertiary alicyclic amines) is 1. The monoisotopic (exact) mass is 307 g/mol. The molecule has 22 heavy (non-hydrogen) atoms. The Hall–Kier alpha value is -2.34. The lowest BCUT2D eigenvalue weighted by Crippen LogP contribution is -2.35. The lowest BCUT2D eigenvalue weighted by Gasteiger charge is -2.29. The minimum Gasteiger partial charge on any atom is -0.490 e. The fraction of sp³-hybridized carbons (Fsp3) is 0.375. The fourth-order valence-corrected chi connectivity index (χ4v) is 1.94. The van der Waals surface area contributed by atoms with E-state index in [9.17, 15) is 9.59 Å². The van der Waals surface area contributed by atoms with E-state index in [0.29, 0.717) is 18.3 Å². The van der Waals surface area contributed by atoms with Gasteiger partial charge >= 0.3 is 11.9 Å². The van der Waals surface area contributed by atoms with Crippen LogP contribution in [0.15, 0.2) is 42.5 Å². The molecule has 1 aliphatic rings.